The molecule has 0 unspecified atom stereocenters. The highest BCUT2D eigenvalue weighted by atomic mass is 32.2. The standard InChI is InChI=1S/C28H25NO7S2/c1-33-21-8-3-18(4-9-21)16-35-23-12-7-20(13-25-27(32)29(15-26(30)31)28(37)38-25)24(14-23)36-17-19-5-10-22(34-2)11-6-19/h3-14H,15-17H2,1-2H3,(H,30,31)/b25-13-. The first-order valence-corrected chi connectivity index (χ1v) is 12.7. The van der Waals surface area contributed by atoms with Crippen molar-refractivity contribution in [2.45, 2.75) is 13.2 Å². The van der Waals surface area contributed by atoms with Crippen LogP contribution in [0.3, 0.4) is 0 Å². The highest BCUT2D eigenvalue weighted by molar-refractivity contribution is 8.26. The Kier molecular flexibility index (Phi) is 8.88. The number of carboxylic acid groups (broad SMARTS) is 1. The molecule has 0 aromatic heterocycles. The number of carbonyl (C=O) groups excluding carboxylic acids is 1. The van der Waals surface area contributed by atoms with Crippen molar-refractivity contribution >= 4 is 46.3 Å². The molecule has 3 aromatic carbocycles. The van der Waals surface area contributed by atoms with Crippen molar-refractivity contribution in [1.82, 2.24) is 4.90 Å². The number of hydrogen-bond donors (Lipinski definition) is 1. The summed E-state index contributed by atoms with van der Waals surface area (Å²) in [4.78, 5) is 25.3. The Bertz CT molecular complexity index is 1350. The number of amides is 1. The van der Waals surface area contributed by atoms with Gasteiger partial charge in [0.2, 0.25) is 0 Å². The first-order chi connectivity index (χ1) is 18.4. The molecule has 1 aliphatic rings. The van der Waals surface area contributed by atoms with Crippen LogP contribution in [0.15, 0.2) is 71.6 Å². The van der Waals surface area contributed by atoms with Crippen LogP contribution in [0, 0.1) is 0 Å². The maximum Gasteiger partial charge on any atom is 0.323 e. The van der Waals surface area contributed by atoms with Crippen LogP contribution < -0.4 is 18.9 Å². The van der Waals surface area contributed by atoms with Gasteiger partial charge < -0.3 is 24.1 Å². The highest BCUT2D eigenvalue weighted by Crippen LogP contribution is 2.35. The molecule has 3 aromatic rings. The summed E-state index contributed by atoms with van der Waals surface area (Å²) in [5.41, 5.74) is 2.53. The van der Waals surface area contributed by atoms with Crippen molar-refractivity contribution in [2.24, 2.45) is 0 Å². The molecule has 0 saturated carbocycles. The fraction of sp³-hybridized carbons (Fsp3) is 0.179. The second kappa shape index (κ2) is 12.5. The number of thioether (sulfide) groups is 1. The fourth-order valence-electron chi connectivity index (χ4n) is 3.53. The van der Waals surface area contributed by atoms with Crippen LogP contribution in [0.4, 0.5) is 0 Å². The van der Waals surface area contributed by atoms with Gasteiger partial charge in [0.1, 0.15) is 47.1 Å². The number of methoxy groups -OCH3 is 2. The molecule has 10 heteroatoms. The van der Waals surface area contributed by atoms with Gasteiger partial charge in [-0.2, -0.15) is 0 Å². The Labute approximate surface area is 229 Å². The number of benzene rings is 3. The molecule has 1 saturated heterocycles. The van der Waals surface area contributed by atoms with Crippen molar-refractivity contribution < 1.29 is 33.6 Å². The van der Waals surface area contributed by atoms with Gasteiger partial charge in [0.25, 0.3) is 5.91 Å². The second-order valence-electron chi connectivity index (χ2n) is 8.13. The lowest BCUT2D eigenvalue weighted by Crippen LogP contribution is -2.33. The van der Waals surface area contributed by atoms with Gasteiger partial charge in [-0.25, -0.2) is 0 Å². The predicted molar refractivity (Wildman–Crippen MR) is 149 cm³/mol. The minimum Gasteiger partial charge on any atom is -0.497 e. The van der Waals surface area contributed by atoms with Gasteiger partial charge >= 0.3 is 5.97 Å². The maximum atomic E-state index is 12.8. The average Bonchev–Trinajstić information content (AvgIpc) is 3.19. The Balaban J connectivity index is 1.57. The van der Waals surface area contributed by atoms with E-state index in [0.29, 0.717) is 28.6 Å². The molecule has 0 aliphatic carbocycles. The third kappa shape index (κ3) is 6.84. The molecule has 0 radical (unpaired) electrons. The number of aliphatic carboxylic acids is 1. The zero-order valence-corrected chi connectivity index (χ0v) is 22.3. The van der Waals surface area contributed by atoms with Crippen LogP contribution in [0.2, 0.25) is 0 Å². The van der Waals surface area contributed by atoms with Crippen LogP contribution in [0.1, 0.15) is 16.7 Å². The van der Waals surface area contributed by atoms with E-state index in [-0.39, 0.29) is 10.9 Å². The van der Waals surface area contributed by atoms with Gasteiger partial charge in [0.05, 0.1) is 19.1 Å². The zero-order valence-electron chi connectivity index (χ0n) is 20.7. The van der Waals surface area contributed by atoms with E-state index in [0.717, 1.165) is 39.3 Å². The van der Waals surface area contributed by atoms with Crippen LogP contribution in [-0.4, -0.2) is 47.0 Å². The van der Waals surface area contributed by atoms with E-state index in [4.69, 9.17) is 36.3 Å². The van der Waals surface area contributed by atoms with Gasteiger partial charge in [0, 0.05) is 11.6 Å². The fourth-order valence-corrected chi connectivity index (χ4v) is 4.78. The molecule has 1 N–H and O–H groups in total. The molecule has 1 heterocycles. The van der Waals surface area contributed by atoms with Crippen molar-refractivity contribution in [3.63, 3.8) is 0 Å². The summed E-state index contributed by atoms with van der Waals surface area (Å²) < 4.78 is 22.7. The van der Waals surface area contributed by atoms with E-state index < -0.39 is 18.4 Å². The minimum absolute atomic E-state index is 0.198. The maximum absolute atomic E-state index is 12.8. The normalized spacial score (nSPS) is 14.1. The Hall–Kier alpha value is -4.02. The van der Waals surface area contributed by atoms with Crippen LogP contribution in [0.5, 0.6) is 23.0 Å². The second-order valence-corrected chi connectivity index (χ2v) is 9.81. The third-order valence-electron chi connectivity index (χ3n) is 5.56. The predicted octanol–water partition coefficient (Wildman–Crippen LogP) is 5.15. The van der Waals surface area contributed by atoms with Crippen molar-refractivity contribution in [1.29, 1.82) is 0 Å². The smallest absolute Gasteiger partial charge is 0.323 e. The number of nitrogens with zero attached hydrogens (tertiary/aromatic N) is 1. The van der Waals surface area contributed by atoms with E-state index in [1.54, 1.807) is 38.5 Å². The molecule has 1 aliphatic heterocycles. The highest BCUT2D eigenvalue weighted by Gasteiger charge is 2.33. The molecule has 1 fully saturated rings. The average molecular weight is 552 g/mol. The van der Waals surface area contributed by atoms with E-state index in [2.05, 4.69) is 0 Å². The molecule has 196 valence electrons. The molecular formula is C28H25NO7S2. The number of hydrogen-bond acceptors (Lipinski definition) is 8. The quantitative estimate of drug-likeness (QED) is 0.257. The van der Waals surface area contributed by atoms with Crippen molar-refractivity contribution in [2.75, 3.05) is 20.8 Å². The van der Waals surface area contributed by atoms with Gasteiger partial charge in [-0.15, -0.1) is 0 Å². The van der Waals surface area contributed by atoms with Crippen molar-refractivity contribution in [3.8, 4) is 23.0 Å². The molecular weight excluding hydrogens is 526 g/mol. The van der Waals surface area contributed by atoms with Crippen LogP contribution >= 0.6 is 24.0 Å². The zero-order chi connectivity index (χ0) is 27.1. The van der Waals surface area contributed by atoms with Gasteiger partial charge in [0.15, 0.2) is 0 Å². The molecule has 8 nitrogen and oxygen atoms in total. The molecule has 0 bridgehead atoms. The number of ether oxygens (including phenoxy) is 4. The first kappa shape index (κ1) is 27.0. The minimum atomic E-state index is -1.13. The SMILES string of the molecule is COc1ccc(COc2ccc(/C=C3\SC(=S)N(CC(=O)O)C3=O)c(OCc3ccc(OC)cc3)c2)cc1. The lowest BCUT2D eigenvalue weighted by molar-refractivity contribution is -0.140. The Morgan fingerprint density at radius 2 is 1.45 bits per heavy atom. The summed E-state index contributed by atoms with van der Waals surface area (Å²) in [7, 11) is 3.22. The molecule has 1 amide bonds. The Morgan fingerprint density at radius 3 is 2.00 bits per heavy atom. The van der Waals surface area contributed by atoms with Gasteiger partial charge in [-0.05, 0) is 53.6 Å². The van der Waals surface area contributed by atoms with Crippen molar-refractivity contribution in [3.05, 3.63) is 88.3 Å². The number of carboxylic acids is 1. The first-order valence-electron chi connectivity index (χ1n) is 11.5. The lowest BCUT2D eigenvalue weighted by atomic mass is 10.1. The van der Waals surface area contributed by atoms with E-state index in [9.17, 15) is 9.59 Å². The summed E-state index contributed by atoms with van der Waals surface area (Å²) in [6.07, 6.45) is 1.65. The molecule has 4 rings (SSSR count). The summed E-state index contributed by atoms with van der Waals surface area (Å²) in [6.45, 7) is 0.128. The molecule has 38 heavy (non-hydrogen) atoms. The van der Waals surface area contributed by atoms with Gasteiger partial charge in [-0.1, -0.05) is 48.2 Å². The summed E-state index contributed by atoms with van der Waals surface area (Å²) in [5, 5.41) is 9.10. The molecule has 0 atom stereocenters. The molecule has 0 spiro atoms. The van der Waals surface area contributed by atoms with Crippen LogP contribution in [-0.2, 0) is 22.8 Å². The van der Waals surface area contributed by atoms with E-state index in [1.165, 1.54) is 0 Å². The summed E-state index contributed by atoms with van der Waals surface area (Å²) in [5.74, 6) is 0.998. The largest absolute Gasteiger partial charge is 0.497 e. The van der Waals surface area contributed by atoms with E-state index >= 15 is 0 Å². The number of thiocarbonyl (C=S) groups is 1. The Morgan fingerprint density at radius 1 is 0.895 bits per heavy atom. The number of carbonyl (C=O) groups is 2. The summed E-state index contributed by atoms with van der Waals surface area (Å²) >= 11 is 6.26. The topological polar surface area (TPSA) is 94.5 Å². The monoisotopic (exact) mass is 551 g/mol. The lowest BCUT2D eigenvalue weighted by Gasteiger charge is -2.14. The number of rotatable bonds is 11. The third-order valence-corrected chi connectivity index (χ3v) is 6.93. The van der Waals surface area contributed by atoms with Gasteiger partial charge in [-0.3, -0.25) is 14.5 Å². The van der Waals surface area contributed by atoms with E-state index in [1.807, 2.05) is 48.5 Å². The summed E-state index contributed by atoms with van der Waals surface area (Å²) in [6, 6.07) is 20.4. The van der Waals surface area contributed by atoms with Crippen LogP contribution in [0.25, 0.3) is 6.08 Å².